The number of pyridine rings is 1. The van der Waals surface area contributed by atoms with E-state index >= 15 is 0 Å². The van der Waals surface area contributed by atoms with Crippen molar-refractivity contribution >= 4 is 11.9 Å². The summed E-state index contributed by atoms with van der Waals surface area (Å²) in [5.74, 6) is -1.46. The first-order valence-electron chi connectivity index (χ1n) is 4.03. The molecule has 0 fully saturated rings. The molecule has 0 saturated carbocycles. The minimum Gasteiger partial charge on any atom is -0.388 e. The van der Waals surface area contributed by atoms with Gasteiger partial charge in [-0.25, -0.2) is 9.59 Å². The second kappa shape index (κ2) is 4.48. The third-order valence-corrected chi connectivity index (χ3v) is 1.48. The highest BCUT2D eigenvalue weighted by molar-refractivity contribution is 5.97. The van der Waals surface area contributed by atoms with Gasteiger partial charge in [0.25, 0.3) is 0 Å². The van der Waals surface area contributed by atoms with Crippen LogP contribution in [0.2, 0.25) is 0 Å². The van der Waals surface area contributed by atoms with Gasteiger partial charge in [-0.15, -0.1) is 0 Å². The average Bonchev–Trinajstić information content (AvgIpc) is 2.19. The number of hydrogen-bond donors (Lipinski definition) is 1. The molecule has 0 aliphatic rings. The quantitative estimate of drug-likeness (QED) is 0.533. The number of esters is 2. The Labute approximate surface area is 80.9 Å². The topological polar surface area (TPSA) is 82.3 Å². The number of carbonyl (C=O) groups is 2. The fourth-order valence-corrected chi connectivity index (χ4v) is 0.731. The van der Waals surface area contributed by atoms with Crippen molar-refractivity contribution in [2.75, 3.05) is 0 Å². The Hall–Kier alpha value is -1.75. The molecule has 1 aromatic heterocycles. The molecule has 0 amide bonds. The Balaban J connectivity index is 2.65. The van der Waals surface area contributed by atoms with Crippen LogP contribution >= 0.6 is 0 Å². The van der Waals surface area contributed by atoms with Gasteiger partial charge < -0.3 is 10.5 Å². The Morgan fingerprint density at radius 1 is 1.43 bits per heavy atom. The van der Waals surface area contributed by atoms with Crippen LogP contribution in [0.25, 0.3) is 0 Å². The smallest absolute Gasteiger partial charge is 0.345 e. The molecule has 5 nitrogen and oxygen atoms in total. The van der Waals surface area contributed by atoms with Gasteiger partial charge in [0.2, 0.25) is 0 Å². The number of aromatic nitrogens is 1. The monoisotopic (exact) mass is 194 g/mol. The van der Waals surface area contributed by atoms with E-state index in [4.69, 9.17) is 5.73 Å². The van der Waals surface area contributed by atoms with Crippen molar-refractivity contribution in [3.63, 3.8) is 0 Å². The van der Waals surface area contributed by atoms with Crippen LogP contribution in [0.4, 0.5) is 0 Å². The summed E-state index contributed by atoms with van der Waals surface area (Å²) in [7, 11) is 0. The maximum absolute atomic E-state index is 11.2. The van der Waals surface area contributed by atoms with E-state index in [0.29, 0.717) is 0 Å². The normalized spacial score (nSPS) is 11.9. The van der Waals surface area contributed by atoms with E-state index in [-0.39, 0.29) is 5.56 Å². The summed E-state index contributed by atoms with van der Waals surface area (Å²) in [6, 6.07) is 2.11. The standard InChI is InChI=1S/C9H10N2O3/c1-6(10)8(12)14-9(13)7-2-4-11-5-3-7/h2-6H,10H2,1H3. The number of carbonyl (C=O) groups excluding carboxylic acids is 2. The molecule has 0 radical (unpaired) electrons. The molecule has 1 heterocycles. The van der Waals surface area contributed by atoms with Crippen LogP contribution in [0.1, 0.15) is 17.3 Å². The third kappa shape index (κ3) is 2.63. The fraction of sp³-hybridized carbons (Fsp3) is 0.222. The first kappa shape index (κ1) is 10.3. The van der Waals surface area contributed by atoms with Gasteiger partial charge in [0.1, 0.15) is 6.04 Å². The molecular weight excluding hydrogens is 184 g/mol. The zero-order valence-corrected chi connectivity index (χ0v) is 7.64. The first-order valence-corrected chi connectivity index (χ1v) is 4.03. The lowest BCUT2D eigenvalue weighted by Crippen LogP contribution is -2.30. The van der Waals surface area contributed by atoms with E-state index < -0.39 is 18.0 Å². The number of nitrogens with zero attached hydrogens (tertiary/aromatic N) is 1. The molecule has 1 aromatic rings. The lowest BCUT2D eigenvalue weighted by molar-refractivity contribution is -0.139. The summed E-state index contributed by atoms with van der Waals surface area (Å²) in [6.45, 7) is 1.45. The van der Waals surface area contributed by atoms with Crippen LogP contribution in [-0.2, 0) is 9.53 Å². The van der Waals surface area contributed by atoms with Crippen molar-refractivity contribution in [1.82, 2.24) is 4.98 Å². The largest absolute Gasteiger partial charge is 0.388 e. The molecule has 0 bridgehead atoms. The van der Waals surface area contributed by atoms with Gasteiger partial charge in [-0.05, 0) is 19.1 Å². The molecule has 1 atom stereocenters. The van der Waals surface area contributed by atoms with Gasteiger partial charge >= 0.3 is 11.9 Å². The molecule has 2 N–H and O–H groups in total. The fourth-order valence-electron chi connectivity index (χ4n) is 0.731. The van der Waals surface area contributed by atoms with Gasteiger partial charge in [0, 0.05) is 12.4 Å². The highest BCUT2D eigenvalue weighted by Gasteiger charge is 2.15. The zero-order chi connectivity index (χ0) is 10.6. The maximum Gasteiger partial charge on any atom is 0.345 e. The lowest BCUT2D eigenvalue weighted by Gasteiger charge is -2.04. The Bertz CT molecular complexity index is 335. The van der Waals surface area contributed by atoms with E-state index in [1.165, 1.54) is 31.5 Å². The molecule has 74 valence electrons. The second-order valence-electron chi connectivity index (χ2n) is 2.73. The summed E-state index contributed by atoms with van der Waals surface area (Å²) >= 11 is 0. The summed E-state index contributed by atoms with van der Waals surface area (Å²) in [6.07, 6.45) is 2.87. The van der Waals surface area contributed by atoms with Gasteiger partial charge in [-0.2, -0.15) is 0 Å². The van der Waals surface area contributed by atoms with E-state index in [1.54, 1.807) is 0 Å². The first-order chi connectivity index (χ1) is 6.61. The van der Waals surface area contributed by atoms with Crippen molar-refractivity contribution < 1.29 is 14.3 Å². The Kier molecular flexibility index (Phi) is 3.30. The van der Waals surface area contributed by atoms with Crippen molar-refractivity contribution in [1.29, 1.82) is 0 Å². The molecule has 14 heavy (non-hydrogen) atoms. The van der Waals surface area contributed by atoms with E-state index in [2.05, 4.69) is 9.72 Å². The number of nitrogens with two attached hydrogens (primary N) is 1. The SMILES string of the molecule is CC(N)C(=O)OC(=O)c1ccncc1. The highest BCUT2D eigenvalue weighted by atomic mass is 16.6. The molecule has 0 aliphatic heterocycles. The molecule has 0 aliphatic carbocycles. The van der Waals surface area contributed by atoms with E-state index in [0.717, 1.165) is 0 Å². The Morgan fingerprint density at radius 2 is 2.00 bits per heavy atom. The summed E-state index contributed by atoms with van der Waals surface area (Å²) in [5, 5.41) is 0. The van der Waals surface area contributed by atoms with Gasteiger partial charge in [0.05, 0.1) is 5.56 Å². The predicted molar refractivity (Wildman–Crippen MR) is 48.3 cm³/mol. The molecule has 0 aromatic carbocycles. The molecule has 5 heteroatoms. The van der Waals surface area contributed by atoms with Gasteiger partial charge in [-0.3, -0.25) is 4.98 Å². The van der Waals surface area contributed by atoms with E-state index in [1.807, 2.05) is 0 Å². The minimum atomic E-state index is -0.805. The molecular formula is C9H10N2O3. The number of ether oxygens (including phenoxy) is 1. The van der Waals surface area contributed by atoms with Gasteiger partial charge in [-0.1, -0.05) is 0 Å². The van der Waals surface area contributed by atoms with Gasteiger partial charge in [0.15, 0.2) is 0 Å². The molecule has 0 saturated heterocycles. The van der Waals surface area contributed by atoms with Crippen molar-refractivity contribution in [3.8, 4) is 0 Å². The Morgan fingerprint density at radius 3 is 2.50 bits per heavy atom. The number of rotatable bonds is 2. The molecule has 0 spiro atoms. The average molecular weight is 194 g/mol. The molecule has 1 rings (SSSR count). The highest BCUT2D eigenvalue weighted by Crippen LogP contribution is 2.00. The molecule has 1 unspecified atom stereocenters. The van der Waals surface area contributed by atoms with Crippen LogP contribution in [-0.4, -0.2) is 23.0 Å². The van der Waals surface area contributed by atoms with Crippen molar-refractivity contribution in [2.45, 2.75) is 13.0 Å². The number of hydrogen-bond acceptors (Lipinski definition) is 5. The second-order valence-corrected chi connectivity index (χ2v) is 2.73. The summed E-state index contributed by atoms with van der Waals surface area (Å²) < 4.78 is 4.47. The maximum atomic E-state index is 11.2. The predicted octanol–water partition coefficient (Wildman–Crippen LogP) is 0.112. The van der Waals surface area contributed by atoms with Crippen LogP contribution in [0.5, 0.6) is 0 Å². The van der Waals surface area contributed by atoms with Crippen LogP contribution in [0, 0.1) is 0 Å². The van der Waals surface area contributed by atoms with Crippen LogP contribution in [0.15, 0.2) is 24.5 Å². The van der Waals surface area contributed by atoms with Crippen LogP contribution in [0.3, 0.4) is 0 Å². The minimum absolute atomic E-state index is 0.272. The summed E-state index contributed by atoms with van der Waals surface area (Å²) in [5.41, 5.74) is 5.50. The van der Waals surface area contributed by atoms with Crippen molar-refractivity contribution in [3.05, 3.63) is 30.1 Å². The third-order valence-electron chi connectivity index (χ3n) is 1.48. The summed E-state index contributed by atoms with van der Waals surface area (Å²) in [4.78, 5) is 25.9. The van der Waals surface area contributed by atoms with Crippen LogP contribution < -0.4 is 5.73 Å². The van der Waals surface area contributed by atoms with Crippen molar-refractivity contribution in [2.24, 2.45) is 5.73 Å². The zero-order valence-electron chi connectivity index (χ0n) is 7.64. The lowest BCUT2D eigenvalue weighted by atomic mass is 10.3. The van der Waals surface area contributed by atoms with E-state index in [9.17, 15) is 9.59 Å².